The number of hydrogen-bond donors (Lipinski definition) is 1. The fourth-order valence-corrected chi connectivity index (χ4v) is 2.50. The van der Waals surface area contributed by atoms with E-state index in [1.807, 2.05) is 47.6 Å². The number of hydrazine groups is 1. The number of hydrogen-bond acceptors (Lipinski definition) is 5. The molecule has 3 rings (SSSR count). The lowest BCUT2D eigenvalue weighted by Crippen LogP contribution is -2.41. The Kier molecular flexibility index (Phi) is 4.07. The van der Waals surface area contributed by atoms with Crippen molar-refractivity contribution in [3.63, 3.8) is 0 Å². The third-order valence-corrected chi connectivity index (χ3v) is 3.63. The molecule has 1 aromatic carbocycles. The Morgan fingerprint density at radius 2 is 2.09 bits per heavy atom. The molecule has 0 radical (unpaired) electrons. The van der Waals surface area contributed by atoms with Crippen molar-refractivity contribution < 1.29 is 9.47 Å². The average molecular weight is 307 g/mol. The van der Waals surface area contributed by atoms with Crippen LogP contribution in [0.15, 0.2) is 64.7 Å². The van der Waals surface area contributed by atoms with Crippen LogP contribution in [-0.4, -0.2) is 31.6 Å². The van der Waals surface area contributed by atoms with Crippen LogP contribution in [0.4, 0.5) is 5.69 Å². The van der Waals surface area contributed by atoms with Crippen LogP contribution in [0.25, 0.3) is 0 Å². The molecule has 1 aliphatic heterocycles. The summed E-state index contributed by atoms with van der Waals surface area (Å²) in [5.41, 5.74) is 6.02. The SMILES string of the molecule is C#Cc1cccc(NN2C=NC=C3C=C(OC)C(OC)=CC32)c1. The minimum Gasteiger partial charge on any atom is -0.493 e. The first-order valence-corrected chi connectivity index (χ1v) is 7.12. The number of aliphatic imine (C=N–C) groups is 1. The Bertz CT molecular complexity index is 769. The molecule has 1 heterocycles. The second-order valence-corrected chi connectivity index (χ2v) is 5.03. The molecule has 1 aromatic rings. The standard InChI is InChI=1S/C18H17N3O2/c1-4-13-6-5-7-15(8-13)20-21-12-19-11-14-9-17(22-2)18(23-3)10-16(14)21/h1,5-12,16,20H,2-3H3. The van der Waals surface area contributed by atoms with E-state index >= 15 is 0 Å². The number of fused-ring (bicyclic) bond motifs is 1. The van der Waals surface area contributed by atoms with Crippen molar-refractivity contribution in [2.45, 2.75) is 6.04 Å². The highest BCUT2D eigenvalue weighted by molar-refractivity contribution is 5.66. The molecule has 0 amide bonds. The van der Waals surface area contributed by atoms with Gasteiger partial charge in [-0.1, -0.05) is 12.0 Å². The summed E-state index contributed by atoms with van der Waals surface area (Å²) in [5, 5.41) is 1.90. The Balaban J connectivity index is 1.87. The summed E-state index contributed by atoms with van der Waals surface area (Å²) in [7, 11) is 3.24. The van der Waals surface area contributed by atoms with Gasteiger partial charge in [0.25, 0.3) is 0 Å². The van der Waals surface area contributed by atoms with Crippen LogP contribution >= 0.6 is 0 Å². The maximum absolute atomic E-state index is 5.45. The van der Waals surface area contributed by atoms with Gasteiger partial charge in [-0.25, -0.2) is 4.99 Å². The normalized spacial score (nSPS) is 18.9. The fraction of sp³-hybridized carbons (Fsp3) is 0.167. The molecule has 1 N–H and O–H groups in total. The molecule has 1 aliphatic carbocycles. The van der Waals surface area contributed by atoms with Gasteiger partial charge in [0.1, 0.15) is 12.4 Å². The molecule has 116 valence electrons. The second-order valence-electron chi connectivity index (χ2n) is 5.03. The molecule has 0 fully saturated rings. The molecule has 2 aliphatic rings. The summed E-state index contributed by atoms with van der Waals surface area (Å²) in [6.07, 6.45) is 12.9. The highest BCUT2D eigenvalue weighted by Crippen LogP contribution is 2.28. The topological polar surface area (TPSA) is 46.1 Å². The van der Waals surface area contributed by atoms with Crippen molar-refractivity contribution in [1.82, 2.24) is 5.01 Å². The van der Waals surface area contributed by atoms with Gasteiger partial charge < -0.3 is 9.47 Å². The number of benzene rings is 1. The average Bonchev–Trinajstić information content (AvgIpc) is 2.61. The van der Waals surface area contributed by atoms with E-state index in [1.54, 1.807) is 20.6 Å². The van der Waals surface area contributed by atoms with Gasteiger partial charge in [-0.3, -0.25) is 10.4 Å². The number of methoxy groups -OCH3 is 2. The molecule has 0 aromatic heterocycles. The zero-order chi connectivity index (χ0) is 16.2. The molecule has 1 unspecified atom stereocenters. The van der Waals surface area contributed by atoms with Gasteiger partial charge >= 0.3 is 0 Å². The first-order chi connectivity index (χ1) is 11.2. The number of rotatable bonds is 4. The predicted molar refractivity (Wildman–Crippen MR) is 90.4 cm³/mol. The van der Waals surface area contributed by atoms with Crippen LogP contribution in [0.3, 0.4) is 0 Å². The van der Waals surface area contributed by atoms with E-state index < -0.39 is 0 Å². The Labute approximate surface area is 135 Å². The molecular formula is C18H17N3O2. The molecule has 0 bridgehead atoms. The lowest BCUT2D eigenvalue weighted by molar-refractivity contribution is 0.213. The zero-order valence-electron chi connectivity index (χ0n) is 13.0. The lowest BCUT2D eigenvalue weighted by atomic mass is 9.99. The van der Waals surface area contributed by atoms with E-state index in [2.05, 4.69) is 16.3 Å². The van der Waals surface area contributed by atoms with Gasteiger partial charge in [0.05, 0.1) is 19.9 Å². The van der Waals surface area contributed by atoms with Crippen molar-refractivity contribution in [1.29, 1.82) is 0 Å². The van der Waals surface area contributed by atoms with Gasteiger partial charge in [-0.15, -0.1) is 6.42 Å². The largest absolute Gasteiger partial charge is 0.493 e. The summed E-state index contributed by atoms with van der Waals surface area (Å²) >= 11 is 0. The van der Waals surface area contributed by atoms with Gasteiger partial charge in [-0.2, -0.15) is 0 Å². The summed E-state index contributed by atoms with van der Waals surface area (Å²) in [4.78, 5) is 4.27. The maximum atomic E-state index is 5.45. The van der Waals surface area contributed by atoms with E-state index in [4.69, 9.17) is 15.9 Å². The van der Waals surface area contributed by atoms with Crippen LogP contribution in [0.5, 0.6) is 0 Å². The zero-order valence-corrected chi connectivity index (χ0v) is 13.0. The number of anilines is 1. The van der Waals surface area contributed by atoms with Crippen LogP contribution in [0, 0.1) is 12.3 Å². The van der Waals surface area contributed by atoms with Crippen molar-refractivity contribution in [3.05, 3.63) is 65.3 Å². The van der Waals surface area contributed by atoms with Crippen LogP contribution < -0.4 is 5.43 Å². The molecular weight excluding hydrogens is 290 g/mol. The summed E-state index contributed by atoms with van der Waals surface area (Å²) in [6, 6.07) is 7.61. The maximum Gasteiger partial charge on any atom is 0.160 e. The number of nitrogens with zero attached hydrogens (tertiary/aromatic N) is 2. The smallest absolute Gasteiger partial charge is 0.160 e. The predicted octanol–water partition coefficient (Wildman–Crippen LogP) is 2.67. The molecule has 1 atom stereocenters. The van der Waals surface area contributed by atoms with Gasteiger partial charge in [0.2, 0.25) is 0 Å². The highest BCUT2D eigenvalue weighted by atomic mass is 16.5. The Morgan fingerprint density at radius 1 is 1.26 bits per heavy atom. The minimum absolute atomic E-state index is 0.0455. The summed E-state index contributed by atoms with van der Waals surface area (Å²) in [5.74, 6) is 4.00. The van der Waals surface area contributed by atoms with Crippen LogP contribution in [0.2, 0.25) is 0 Å². The highest BCUT2D eigenvalue weighted by Gasteiger charge is 2.27. The minimum atomic E-state index is -0.0455. The van der Waals surface area contributed by atoms with Crippen molar-refractivity contribution in [3.8, 4) is 12.3 Å². The molecule has 0 saturated carbocycles. The van der Waals surface area contributed by atoms with Gasteiger partial charge in [0.15, 0.2) is 11.5 Å². The fourth-order valence-electron chi connectivity index (χ4n) is 2.50. The monoisotopic (exact) mass is 307 g/mol. The van der Waals surface area contributed by atoms with Gasteiger partial charge in [0, 0.05) is 17.3 Å². The van der Waals surface area contributed by atoms with E-state index in [0.717, 1.165) is 16.8 Å². The Hall–Kier alpha value is -3.13. The van der Waals surface area contributed by atoms with Crippen molar-refractivity contribution in [2.75, 3.05) is 19.6 Å². The van der Waals surface area contributed by atoms with E-state index in [0.29, 0.717) is 11.5 Å². The molecule has 5 nitrogen and oxygen atoms in total. The molecule has 0 saturated heterocycles. The van der Waals surface area contributed by atoms with Crippen molar-refractivity contribution in [2.24, 2.45) is 4.99 Å². The second kappa shape index (κ2) is 6.32. The van der Waals surface area contributed by atoms with Crippen molar-refractivity contribution >= 4 is 12.0 Å². The quantitative estimate of drug-likeness (QED) is 0.869. The number of ether oxygens (including phenoxy) is 2. The van der Waals surface area contributed by atoms with E-state index in [1.165, 1.54) is 0 Å². The van der Waals surface area contributed by atoms with E-state index in [-0.39, 0.29) is 6.04 Å². The lowest BCUT2D eigenvalue weighted by Gasteiger charge is -2.34. The molecule has 23 heavy (non-hydrogen) atoms. The number of terminal acetylenes is 1. The van der Waals surface area contributed by atoms with E-state index in [9.17, 15) is 0 Å². The number of nitrogens with one attached hydrogen (secondary N) is 1. The van der Waals surface area contributed by atoms with Gasteiger partial charge in [-0.05, 0) is 30.4 Å². The van der Waals surface area contributed by atoms with Crippen LogP contribution in [-0.2, 0) is 9.47 Å². The first kappa shape index (κ1) is 14.8. The Morgan fingerprint density at radius 3 is 2.83 bits per heavy atom. The summed E-state index contributed by atoms with van der Waals surface area (Å²) < 4.78 is 10.7. The third kappa shape index (κ3) is 2.92. The molecule has 0 spiro atoms. The molecule has 5 heteroatoms. The summed E-state index contributed by atoms with van der Waals surface area (Å²) in [6.45, 7) is 0. The van der Waals surface area contributed by atoms with Crippen LogP contribution in [0.1, 0.15) is 5.56 Å². The third-order valence-electron chi connectivity index (χ3n) is 3.63. The first-order valence-electron chi connectivity index (χ1n) is 7.12.